The number of nitrogens with zero attached hydrogens (tertiary/aromatic N) is 1. The molecule has 1 aromatic rings. The van der Waals surface area contributed by atoms with Crippen LogP contribution in [0.3, 0.4) is 0 Å². The molecule has 1 aromatic carbocycles. The first-order valence-corrected chi connectivity index (χ1v) is 7.47. The maximum absolute atomic E-state index is 12.6. The number of hydrogen-bond donors (Lipinski definition) is 0. The average molecular weight is 283 g/mol. The Morgan fingerprint density at radius 1 is 1.26 bits per heavy atom. The predicted molar refractivity (Wildman–Crippen MR) is 70.1 cm³/mol. The predicted octanol–water partition coefficient (Wildman–Crippen LogP) is 1.32. The van der Waals surface area contributed by atoms with E-state index in [-0.39, 0.29) is 4.90 Å². The molecule has 5 nitrogen and oxygen atoms in total. The summed E-state index contributed by atoms with van der Waals surface area (Å²) in [5.41, 5.74) is 0.976. The molecular weight excluding hydrogens is 266 g/mol. The van der Waals surface area contributed by atoms with Gasteiger partial charge in [-0.15, -0.1) is 0 Å². The first-order chi connectivity index (χ1) is 8.85. The van der Waals surface area contributed by atoms with E-state index in [4.69, 9.17) is 4.84 Å². The fourth-order valence-electron chi connectivity index (χ4n) is 2.02. The Morgan fingerprint density at radius 2 is 1.79 bits per heavy atom. The molecule has 1 aliphatic carbocycles. The quantitative estimate of drug-likeness (QED) is 0.782. The maximum Gasteiger partial charge on any atom is 0.267 e. The third kappa shape index (κ3) is 2.15. The summed E-state index contributed by atoms with van der Waals surface area (Å²) in [4.78, 5) is 17.2. The summed E-state index contributed by atoms with van der Waals surface area (Å²) in [7, 11) is -0.906. The molecule has 0 bridgehead atoms. The normalized spacial score (nSPS) is 17.0. The van der Waals surface area contributed by atoms with Crippen molar-refractivity contribution in [1.29, 1.82) is 0 Å². The number of carbonyl (C=O) groups is 1. The monoisotopic (exact) mass is 283 g/mol. The number of aryl methyl sites for hydroxylation is 1. The second kappa shape index (κ2) is 4.61. The number of sulfone groups is 1. The van der Waals surface area contributed by atoms with Crippen LogP contribution in [-0.4, -0.2) is 38.3 Å². The fourth-order valence-corrected chi connectivity index (χ4v) is 3.97. The minimum atomic E-state index is -3.67. The maximum atomic E-state index is 12.6. The van der Waals surface area contributed by atoms with Crippen LogP contribution >= 0.6 is 0 Å². The summed E-state index contributed by atoms with van der Waals surface area (Å²) in [5.74, 6) is -0.504. The first-order valence-electron chi connectivity index (χ1n) is 5.99. The lowest BCUT2D eigenvalue weighted by Crippen LogP contribution is -2.42. The first kappa shape index (κ1) is 14.0. The molecule has 6 heteroatoms. The van der Waals surface area contributed by atoms with E-state index in [0.29, 0.717) is 12.8 Å². The minimum Gasteiger partial charge on any atom is -0.275 e. The van der Waals surface area contributed by atoms with Gasteiger partial charge in [0.1, 0.15) is 0 Å². The molecule has 1 amide bonds. The van der Waals surface area contributed by atoms with Crippen molar-refractivity contribution in [1.82, 2.24) is 5.06 Å². The highest BCUT2D eigenvalue weighted by molar-refractivity contribution is 7.94. The van der Waals surface area contributed by atoms with Crippen LogP contribution in [0.5, 0.6) is 0 Å². The smallest absolute Gasteiger partial charge is 0.267 e. The van der Waals surface area contributed by atoms with E-state index in [1.807, 2.05) is 6.92 Å². The molecule has 0 N–H and O–H groups in total. The van der Waals surface area contributed by atoms with Gasteiger partial charge in [-0.05, 0) is 31.9 Å². The average Bonchev–Trinajstić information content (AvgIpc) is 3.19. The third-order valence-corrected chi connectivity index (χ3v) is 6.00. The molecule has 0 aromatic heterocycles. The molecule has 0 aliphatic heterocycles. The van der Waals surface area contributed by atoms with Crippen LogP contribution in [0.2, 0.25) is 0 Å². The molecule has 0 spiro atoms. The number of benzene rings is 1. The van der Waals surface area contributed by atoms with E-state index in [1.54, 1.807) is 24.3 Å². The Balaban J connectivity index is 2.40. The summed E-state index contributed by atoms with van der Waals surface area (Å²) >= 11 is 0. The summed E-state index contributed by atoms with van der Waals surface area (Å²) < 4.78 is 23.8. The van der Waals surface area contributed by atoms with Gasteiger partial charge in [-0.1, -0.05) is 17.7 Å². The van der Waals surface area contributed by atoms with Crippen molar-refractivity contribution < 1.29 is 18.0 Å². The highest BCUT2D eigenvalue weighted by atomic mass is 32.2. The number of hydroxylamine groups is 2. The zero-order valence-corrected chi connectivity index (χ0v) is 12.0. The van der Waals surface area contributed by atoms with Gasteiger partial charge in [-0.3, -0.25) is 9.63 Å². The lowest BCUT2D eigenvalue weighted by Gasteiger charge is -2.21. The van der Waals surface area contributed by atoms with Gasteiger partial charge >= 0.3 is 0 Å². The van der Waals surface area contributed by atoms with Gasteiger partial charge in [0, 0.05) is 7.05 Å². The Labute approximate surface area is 113 Å². The largest absolute Gasteiger partial charge is 0.275 e. The number of hydrogen-bond acceptors (Lipinski definition) is 4. The van der Waals surface area contributed by atoms with Crippen molar-refractivity contribution in [2.75, 3.05) is 14.2 Å². The molecular formula is C13H17NO4S. The Morgan fingerprint density at radius 3 is 2.21 bits per heavy atom. The minimum absolute atomic E-state index is 0.188. The molecule has 1 saturated carbocycles. The van der Waals surface area contributed by atoms with Crippen LogP contribution in [0.1, 0.15) is 18.4 Å². The molecule has 1 aliphatic rings. The molecule has 0 heterocycles. The number of rotatable bonds is 4. The van der Waals surface area contributed by atoms with Crippen molar-refractivity contribution in [3.05, 3.63) is 29.8 Å². The highest BCUT2D eigenvalue weighted by Gasteiger charge is 2.62. The topological polar surface area (TPSA) is 63.7 Å². The summed E-state index contributed by atoms with van der Waals surface area (Å²) in [6.45, 7) is 1.88. The lowest BCUT2D eigenvalue weighted by atomic mass is 10.2. The summed E-state index contributed by atoms with van der Waals surface area (Å²) in [6.07, 6.45) is 0.686. The van der Waals surface area contributed by atoms with E-state index in [2.05, 4.69) is 0 Å². The summed E-state index contributed by atoms with van der Waals surface area (Å²) in [5, 5.41) is 0.985. The molecule has 19 heavy (non-hydrogen) atoms. The van der Waals surface area contributed by atoms with E-state index >= 15 is 0 Å². The number of carbonyl (C=O) groups excluding carboxylic acids is 1. The standard InChI is InChI=1S/C13H17NO4S/c1-10-4-6-11(7-5-10)19(16,17)13(8-9-13)12(15)14(2)18-3/h4-7H,8-9H2,1-3H3. The number of amides is 1. The zero-order chi connectivity index (χ0) is 14.3. The Kier molecular flexibility index (Phi) is 3.40. The van der Waals surface area contributed by atoms with Crippen molar-refractivity contribution in [3.63, 3.8) is 0 Å². The van der Waals surface area contributed by atoms with Gasteiger partial charge in [-0.25, -0.2) is 13.5 Å². The van der Waals surface area contributed by atoms with Crippen LogP contribution < -0.4 is 0 Å². The van der Waals surface area contributed by atoms with Crippen molar-refractivity contribution in [2.24, 2.45) is 0 Å². The van der Waals surface area contributed by atoms with E-state index in [0.717, 1.165) is 10.6 Å². The van der Waals surface area contributed by atoms with Gasteiger partial charge in [-0.2, -0.15) is 0 Å². The van der Waals surface area contributed by atoms with Gasteiger partial charge < -0.3 is 0 Å². The molecule has 104 valence electrons. The van der Waals surface area contributed by atoms with Crippen molar-refractivity contribution in [3.8, 4) is 0 Å². The van der Waals surface area contributed by atoms with Crippen molar-refractivity contribution >= 4 is 15.7 Å². The highest BCUT2D eigenvalue weighted by Crippen LogP contribution is 2.48. The third-order valence-electron chi connectivity index (χ3n) is 3.50. The summed E-state index contributed by atoms with van der Waals surface area (Å²) in [6, 6.07) is 6.55. The van der Waals surface area contributed by atoms with Crippen LogP contribution in [0.25, 0.3) is 0 Å². The Bertz CT molecular complexity index is 588. The van der Waals surface area contributed by atoms with Crippen LogP contribution in [0.15, 0.2) is 29.2 Å². The molecule has 0 saturated heterocycles. The van der Waals surface area contributed by atoms with E-state index in [9.17, 15) is 13.2 Å². The second-order valence-corrected chi connectivity index (χ2v) is 7.06. The Hall–Kier alpha value is -1.40. The molecule has 0 atom stereocenters. The molecule has 0 radical (unpaired) electrons. The van der Waals surface area contributed by atoms with Crippen LogP contribution in [0, 0.1) is 6.92 Å². The molecule has 2 rings (SSSR count). The zero-order valence-electron chi connectivity index (χ0n) is 11.2. The SMILES string of the molecule is CON(C)C(=O)C1(S(=O)(=O)c2ccc(C)cc2)CC1. The lowest BCUT2D eigenvalue weighted by molar-refractivity contribution is -0.169. The van der Waals surface area contributed by atoms with Gasteiger partial charge in [0.2, 0.25) is 0 Å². The van der Waals surface area contributed by atoms with Crippen LogP contribution in [0.4, 0.5) is 0 Å². The van der Waals surface area contributed by atoms with E-state index in [1.165, 1.54) is 14.2 Å². The van der Waals surface area contributed by atoms with Gasteiger partial charge in [0.25, 0.3) is 5.91 Å². The van der Waals surface area contributed by atoms with Crippen molar-refractivity contribution in [2.45, 2.75) is 29.4 Å². The second-order valence-electron chi connectivity index (χ2n) is 4.80. The molecule has 1 fully saturated rings. The van der Waals surface area contributed by atoms with E-state index < -0.39 is 20.5 Å². The van der Waals surface area contributed by atoms with Gasteiger partial charge in [0.05, 0.1) is 12.0 Å². The molecule has 0 unspecified atom stereocenters. The fraction of sp³-hybridized carbons (Fsp3) is 0.462. The van der Waals surface area contributed by atoms with Crippen LogP contribution in [-0.2, 0) is 19.5 Å². The van der Waals surface area contributed by atoms with Gasteiger partial charge in [0.15, 0.2) is 14.6 Å².